The zero-order chi connectivity index (χ0) is 17.2. The molecule has 0 aromatic heterocycles. The van der Waals surface area contributed by atoms with Crippen LogP contribution in [0.2, 0.25) is 0 Å². The molecule has 1 saturated heterocycles. The van der Waals surface area contributed by atoms with E-state index < -0.39 is 11.6 Å². The molecule has 4 rings (SSSR count). The predicted molar refractivity (Wildman–Crippen MR) is 92.5 cm³/mol. The molecular formula is C21H22F2O2. The second-order valence-corrected chi connectivity index (χ2v) is 7.01. The van der Waals surface area contributed by atoms with Gasteiger partial charge in [-0.25, -0.2) is 8.78 Å². The summed E-state index contributed by atoms with van der Waals surface area (Å²) in [6.45, 7) is 1.58. The van der Waals surface area contributed by atoms with E-state index in [1.54, 1.807) is 6.07 Å². The summed E-state index contributed by atoms with van der Waals surface area (Å²) in [5, 5.41) is 0. The van der Waals surface area contributed by atoms with E-state index in [1.807, 2.05) is 12.1 Å². The standard InChI is InChI=1S/C21H22F2O2/c22-20-10-7-17(11-21(20)23)16-3-1-14(2-4-16)15-5-8-18(9-6-15)24-12-19-13-25-19/h1-4,7,10-11,15,18-19H,5-6,8-9,12-13H2. The van der Waals surface area contributed by atoms with E-state index in [1.165, 1.54) is 17.7 Å². The Labute approximate surface area is 146 Å². The van der Waals surface area contributed by atoms with Crippen LogP contribution in [-0.4, -0.2) is 25.4 Å². The molecule has 1 atom stereocenters. The molecule has 2 nitrogen and oxygen atoms in total. The molecule has 1 heterocycles. The van der Waals surface area contributed by atoms with Crippen LogP contribution >= 0.6 is 0 Å². The minimum atomic E-state index is -0.812. The fraction of sp³-hybridized carbons (Fsp3) is 0.429. The molecule has 0 spiro atoms. The fourth-order valence-electron chi connectivity index (χ4n) is 3.59. The lowest BCUT2D eigenvalue weighted by Crippen LogP contribution is -2.22. The van der Waals surface area contributed by atoms with Crippen molar-refractivity contribution >= 4 is 0 Å². The highest BCUT2D eigenvalue weighted by Gasteiger charge is 2.27. The van der Waals surface area contributed by atoms with Crippen molar-refractivity contribution in [2.45, 2.75) is 43.8 Å². The molecule has 2 aliphatic rings. The van der Waals surface area contributed by atoms with Gasteiger partial charge in [0.2, 0.25) is 0 Å². The Morgan fingerprint density at radius 1 is 0.880 bits per heavy atom. The lowest BCUT2D eigenvalue weighted by Gasteiger charge is -2.28. The van der Waals surface area contributed by atoms with E-state index in [0.29, 0.717) is 23.7 Å². The van der Waals surface area contributed by atoms with Crippen molar-refractivity contribution in [3.05, 3.63) is 59.7 Å². The van der Waals surface area contributed by atoms with Gasteiger partial charge < -0.3 is 9.47 Å². The van der Waals surface area contributed by atoms with Crippen LogP contribution in [0.15, 0.2) is 42.5 Å². The van der Waals surface area contributed by atoms with Crippen LogP contribution in [-0.2, 0) is 9.47 Å². The summed E-state index contributed by atoms with van der Waals surface area (Å²) in [6.07, 6.45) is 5.12. The highest BCUT2D eigenvalue weighted by atomic mass is 19.2. The third-order valence-corrected chi connectivity index (χ3v) is 5.23. The van der Waals surface area contributed by atoms with Crippen LogP contribution in [0.25, 0.3) is 11.1 Å². The molecule has 25 heavy (non-hydrogen) atoms. The monoisotopic (exact) mass is 344 g/mol. The Kier molecular flexibility index (Phi) is 4.82. The first-order chi connectivity index (χ1) is 12.2. The third-order valence-electron chi connectivity index (χ3n) is 5.23. The van der Waals surface area contributed by atoms with E-state index in [4.69, 9.17) is 9.47 Å². The SMILES string of the molecule is Fc1ccc(-c2ccc(C3CCC(OCC4CO4)CC3)cc2)cc1F. The Balaban J connectivity index is 1.36. The maximum Gasteiger partial charge on any atom is 0.159 e. The van der Waals surface area contributed by atoms with E-state index in [2.05, 4.69) is 12.1 Å². The first kappa shape index (κ1) is 16.7. The van der Waals surface area contributed by atoms with Gasteiger partial charge in [-0.05, 0) is 60.4 Å². The number of ether oxygens (including phenoxy) is 2. The smallest absolute Gasteiger partial charge is 0.159 e. The van der Waals surface area contributed by atoms with Crippen LogP contribution in [0, 0.1) is 11.6 Å². The average molecular weight is 344 g/mol. The maximum absolute atomic E-state index is 13.4. The van der Waals surface area contributed by atoms with Gasteiger partial charge in [0.15, 0.2) is 11.6 Å². The van der Waals surface area contributed by atoms with E-state index >= 15 is 0 Å². The molecule has 132 valence electrons. The van der Waals surface area contributed by atoms with E-state index in [-0.39, 0.29) is 0 Å². The molecule has 2 aromatic rings. The Bertz CT molecular complexity index is 717. The average Bonchev–Trinajstić information content (AvgIpc) is 3.47. The summed E-state index contributed by atoms with van der Waals surface area (Å²) in [5.74, 6) is -1.07. The summed E-state index contributed by atoms with van der Waals surface area (Å²) >= 11 is 0. The normalized spacial score (nSPS) is 25.8. The number of hydrogen-bond acceptors (Lipinski definition) is 2. The van der Waals surface area contributed by atoms with Gasteiger partial charge in [-0.3, -0.25) is 0 Å². The minimum absolute atomic E-state index is 0.335. The summed E-state index contributed by atoms with van der Waals surface area (Å²) in [6, 6.07) is 12.2. The van der Waals surface area contributed by atoms with Crippen LogP contribution in [0.3, 0.4) is 0 Å². The van der Waals surface area contributed by atoms with Crippen molar-refractivity contribution in [2.75, 3.05) is 13.2 Å². The molecule has 1 aliphatic carbocycles. The van der Waals surface area contributed by atoms with Crippen LogP contribution in [0.4, 0.5) is 8.78 Å². The number of halogens is 2. The molecule has 2 fully saturated rings. The van der Waals surface area contributed by atoms with Crippen molar-refractivity contribution in [1.29, 1.82) is 0 Å². The zero-order valence-corrected chi connectivity index (χ0v) is 14.1. The molecule has 0 N–H and O–H groups in total. The van der Waals surface area contributed by atoms with Gasteiger partial charge in [-0.15, -0.1) is 0 Å². The van der Waals surface area contributed by atoms with Crippen molar-refractivity contribution in [2.24, 2.45) is 0 Å². The molecular weight excluding hydrogens is 322 g/mol. The first-order valence-electron chi connectivity index (χ1n) is 8.97. The zero-order valence-electron chi connectivity index (χ0n) is 14.1. The van der Waals surface area contributed by atoms with E-state index in [0.717, 1.165) is 44.5 Å². The van der Waals surface area contributed by atoms with Crippen molar-refractivity contribution in [3.8, 4) is 11.1 Å². The lowest BCUT2D eigenvalue weighted by atomic mass is 9.82. The van der Waals surface area contributed by atoms with Gasteiger partial charge in [0.25, 0.3) is 0 Å². The molecule has 1 saturated carbocycles. The second kappa shape index (κ2) is 7.22. The second-order valence-electron chi connectivity index (χ2n) is 7.01. The summed E-state index contributed by atoms with van der Waals surface area (Å²) in [4.78, 5) is 0. The molecule has 1 unspecified atom stereocenters. The van der Waals surface area contributed by atoms with Crippen LogP contribution in [0.1, 0.15) is 37.2 Å². The summed E-state index contributed by atoms with van der Waals surface area (Å²) < 4.78 is 37.5. The minimum Gasteiger partial charge on any atom is -0.375 e. The highest BCUT2D eigenvalue weighted by molar-refractivity contribution is 5.63. The number of hydrogen-bond donors (Lipinski definition) is 0. The molecule has 0 bridgehead atoms. The van der Waals surface area contributed by atoms with Crippen molar-refractivity contribution in [3.63, 3.8) is 0 Å². The van der Waals surface area contributed by atoms with Gasteiger partial charge in [0, 0.05) is 0 Å². The Morgan fingerprint density at radius 3 is 2.20 bits per heavy atom. The topological polar surface area (TPSA) is 21.8 Å². The predicted octanol–water partition coefficient (Wildman–Crippen LogP) is 5.07. The number of benzene rings is 2. The first-order valence-corrected chi connectivity index (χ1v) is 8.97. The largest absolute Gasteiger partial charge is 0.375 e. The molecule has 0 radical (unpaired) electrons. The quantitative estimate of drug-likeness (QED) is 0.706. The fourth-order valence-corrected chi connectivity index (χ4v) is 3.59. The Morgan fingerprint density at radius 2 is 1.56 bits per heavy atom. The van der Waals surface area contributed by atoms with Crippen molar-refractivity contribution < 1.29 is 18.3 Å². The van der Waals surface area contributed by atoms with Gasteiger partial charge >= 0.3 is 0 Å². The van der Waals surface area contributed by atoms with Crippen molar-refractivity contribution in [1.82, 2.24) is 0 Å². The van der Waals surface area contributed by atoms with Crippen LogP contribution in [0.5, 0.6) is 0 Å². The molecule has 4 heteroatoms. The van der Waals surface area contributed by atoms with Gasteiger partial charge in [0.1, 0.15) is 6.10 Å². The molecule has 1 aliphatic heterocycles. The van der Waals surface area contributed by atoms with Gasteiger partial charge in [-0.2, -0.15) is 0 Å². The van der Waals surface area contributed by atoms with Gasteiger partial charge in [-0.1, -0.05) is 30.3 Å². The van der Waals surface area contributed by atoms with Gasteiger partial charge in [0.05, 0.1) is 19.3 Å². The number of epoxide rings is 1. The summed E-state index contributed by atoms with van der Waals surface area (Å²) in [5.41, 5.74) is 2.92. The van der Waals surface area contributed by atoms with E-state index in [9.17, 15) is 8.78 Å². The lowest BCUT2D eigenvalue weighted by molar-refractivity contribution is 0.0165. The highest BCUT2D eigenvalue weighted by Crippen LogP contribution is 2.35. The maximum atomic E-state index is 13.4. The third kappa shape index (κ3) is 4.07. The molecule has 0 amide bonds. The molecule has 2 aromatic carbocycles. The Hall–Kier alpha value is -1.78. The van der Waals surface area contributed by atoms with Crippen LogP contribution < -0.4 is 0 Å². The number of rotatable bonds is 5. The summed E-state index contributed by atoms with van der Waals surface area (Å²) in [7, 11) is 0.